The lowest BCUT2D eigenvalue weighted by Gasteiger charge is -2.24. The van der Waals surface area contributed by atoms with Crippen LogP contribution in [0.25, 0.3) is 21.7 Å². The van der Waals surface area contributed by atoms with E-state index in [1.807, 2.05) is 27.7 Å². The number of thiophene rings is 1. The number of benzene rings is 1. The number of anilines is 1. The van der Waals surface area contributed by atoms with Crippen molar-refractivity contribution in [2.75, 3.05) is 11.9 Å². The van der Waals surface area contributed by atoms with Gasteiger partial charge in [0.25, 0.3) is 5.91 Å². The number of aliphatic hydroxyl groups excluding tert-OH is 1. The van der Waals surface area contributed by atoms with Gasteiger partial charge >= 0.3 is 0 Å². The Hall–Kier alpha value is -3.76. The highest BCUT2D eigenvalue weighted by Gasteiger charge is 2.29. The standard InChI is InChI=1S/C24H23N5O4S/c1-2-22(31)28-9-3-4-16(28)12-29-18-6-5-15(13-30)10-17(18)26-24(29)27-23(32)21-8-7-20(34-21)19-11-25-14-33-19/h2,5-8,10-11,14,16,30H,1,3-4,9,12-13H2,(H,26,27,32)/t16-/m1/s1. The molecule has 1 aliphatic heterocycles. The molecule has 3 aromatic heterocycles. The molecule has 1 fully saturated rings. The molecular weight excluding hydrogens is 454 g/mol. The summed E-state index contributed by atoms with van der Waals surface area (Å²) in [4.78, 5) is 37.1. The van der Waals surface area contributed by atoms with Crippen molar-refractivity contribution in [3.05, 3.63) is 66.0 Å². The van der Waals surface area contributed by atoms with Crippen molar-refractivity contribution in [2.24, 2.45) is 0 Å². The molecule has 1 atom stereocenters. The van der Waals surface area contributed by atoms with Crippen molar-refractivity contribution in [2.45, 2.75) is 32.0 Å². The number of amides is 2. The molecular formula is C24H23N5O4S. The summed E-state index contributed by atoms with van der Waals surface area (Å²) in [6.45, 7) is 4.68. The van der Waals surface area contributed by atoms with Crippen molar-refractivity contribution in [1.82, 2.24) is 19.4 Å². The van der Waals surface area contributed by atoms with Gasteiger partial charge < -0.3 is 19.0 Å². The highest BCUT2D eigenvalue weighted by atomic mass is 32.1. The van der Waals surface area contributed by atoms with Gasteiger partial charge in [-0.2, -0.15) is 0 Å². The summed E-state index contributed by atoms with van der Waals surface area (Å²) in [5.41, 5.74) is 2.21. The second kappa shape index (κ2) is 9.24. The zero-order chi connectivity index (χ0) is 23.7. The summed E-state index contributed by atoms with van der Waals surface area (Å²) in [5, 5.41) is 12.5. The number of imidazole rings is 1. The van der Waals surface area contributed by atoms with Crippen LogP contribution < -0.4 is 5.32 Å². The molecule has 1 aliphatic rings. The predicted octanol–water partition coefficient (Wildman–Crippen LogP) is 3.67. The van der Waals surface area contributed by atoms with E-state index in [1.54, 1.807) is 18.3 Å². The topological polar surface area (TPSA) is 113 Å². The van der Waals surface area contributed by atoms with Crippen molar-refractivity contribution < 1.29 is 19.1 Å². The molecule has 2 N–H and O–H groups in total. The Labute approximate surface area is 199 Å². The largest absolute Gasteiger partial charge is 0.443 e. The molecule has 0 spiro atoms. The van der Waals surface area contributed by atoms with E-state index in [0.29, 0.717) is 35.2 Å². The minimum Gasteiger partial charge on any atom is -0.443 e. The van der Waals surface area contributed by atoms with E-state index in [4.69, 9.17) is 4.42 Å². The summed E-state index contributed by atoms with van der Waals surface area (Å²) in [7, 11) is 0. The second-order valence-electron chi connectivity index (χ2n) is 8.04. The highest BCUT2D eigenvalue weighted by Crippen LogP contribution is 2.30. The summed E-state index contributed by atoms with van der Waals surface area (Å²) in [6, 6.07) is 9.03. The lowest BCUT2D eigenvalue weighted by atomic mass is 10.2. The maximum Gasteiger partial charge on any atom is 0.268 e. The van der Waals surface area contributed by atoms with Crippen LogP contribution in [0.5, 0.6) is 0 Å². The fraction of sp³-hybridized carbons (Fsp3) is 0.250. The molecule has 0 aliphatic carbocycles. The number of hydrogen-bond acceptors (Lipinski definition) is 7. The first-order valence-corrected chi connectivity index (χ1v) is 11.7. The first-order valence-electron chi connectivity index (χ1n) is 10.9. The van der Waals surface area contributed by atoms with E-state index >= 15 is 0 Å². The summed E-state index contributed by atoms with van der Waals surface area (Å²) in [6.07, 6.45) is 6.05. The summed E-state index contributed by atoms with van der Waals surface area (Å²) >= 11 is 1.30. The molecule has 2 amide bonds. The molecule has 1 saturated heterocycles. The fourth-order valence-corrected chi connectivity index (χ4v) is 5.14. The van der Waals surface area contributed by atoms with Crippen LogP contribution >= 0.6 is 11.3 Å². The van der Waals surface area contributed by atoms with E-state index in [1.165, 1.54) is 23.8 Å². The molecule has 4 aromatic rings. The molecule has 0 unspecified atom stereocenters. The van der Waals surface area contributed by atoms with Crippen LogP contribution in [-0.2, 0) is 17.9 Å². The zero-order valence-corrected chi connectivity index (χ0v) is 19.1. The van der Waals surface area contributed by atoms with Gasteiger partial charge in [0.2, 0.25) is 11.9 Å². The van der Waals surface area contributed by atoms with Gasteiger partial charge in [-0.3, -0.25) is 14.9 Å². The van der Waals surface area contributed by atoms with E-state index in [0.717, 1.165) is 28.8 Å². The number of carbonyl (C=O) groups excluding carboxylic acids is 2. The van der Waals surface area contributed by atoms with Gasteiger partial charge in [-0.25, -0.2) is 9.97 Å². The molecule has 174 valence electrons. The molecule has 0 bridgehead atoms. The fourth-order valence-electron chi connectivity index (χ4n) is 4.29. The third kappa shape index (κ3) is 4.13. The van der Waals surface area contributed by atoms with E-state index in [-0.39, 0.29) is 24.5 Å². The highest BCUT2D eigenvalue weighted by molar-refractivity contribution is 7.17. The maximum atomic E-state index is 13.1. The van der Waals surface area contributed by atoms with Gasteiger partial charge in [-0.1, -0.05) is 12.6 Å². The second-order valence-corrected chi connectivity index (χ2v) is 9.13. The maximum absolute atomic E-state index is 13.1. The number of rotatable bonds is 7. The Morgan fingerprint density at radius 1 is 1.32 bits per heavy atom. The molecule has 9 nitrogen and oxygen atoms in total. The van der Waals surface area contributed by atoms with Crippen molar-refractivity contribution in [3.63, 3.8) is 0 Å². The quantitative estimate of drug-likeness (QED) is 0.393. The minimum atomic E-state index is -0.292. The van der Waals surface area contributed by atoms with Crippen LogP contribution in [0, 0.1) is 0 Å². The Morgan fingerprint density at radius 2 is 2.21 bits per heavy atom. The number of carbonyl (C=O) groups is 2. The number of aromatic nitrogens is 3. The number of nitrogens with zero attached hydrogens (tertiary/aromatic N) is 4. The lowest BCUT2D eigenvalue weighted by molar-refractivity contribution is -0.126. The van der Waals surface area contributed by atoms with Crippen LogP contribution in [-0.4, -0.2) is 48.9 Å². The Kier molecular flexibility index (Phi) is 5.99. The van der Waals surface area contributed by atoms with E-state index in [2.05, 4.69) is 21.9 Å². The number of fused-ring (bicyclic) bond motifs is 1. The molecule has 10 heteroatoms. The van der Waals surface area contributed by atoms with Gasteiger partial charge in [0.15, 0.2) is 12.2 Å². The lowest BCUT2D eigenvalue weighted by Crippen LogP contribution is -2.37. The summed E-state index contributed by atoms with van der Waals surface area (Å²) in [5.74, 6) is 0.599. The van der Waals surface area contributed by atoms with Gasteiger partial charge in [0.05, 0.1) is 39.6 Å². The van der Waals surface area contributed by atoms with Gasteiger partial charge in [-0.05, 0) is 48.7 Å². The smallest absolute Gasteiger partial charge is 0.268 e. The minimum absolute atomic E-state index is 0.0316. The number of oxazole rings is 1. The van der Waals surface area contributed by atoms with Crippen LogP contribution in [0.2, 0.25) is 0 Å². The third-order valence-electron chi connectivity index (χ3n) is 5.95. The normalized spacial score (nSPS) is 15.7. The monoisotopic (exact) mass is 477 g/mol. The van der Waals surface area contributed by atoms with Crippen LogP contribution in [0.1, 0.15) is 28.1 Å². The molecule has 0 saturated carbocycles. The molecule has 0 radical (unpaired) electrons. The third-order valence-corrected chi connectivity index (χ3v) is 7.05. The molecule has 1 aromatic carbocycles. The van der Waals surface area contributed by atoms with Crippen LogP contribution in [0.15, 0.2) is 60.0 Å². The average molecular weight is 478 g/mol. The average Bonchev–Trinajstić information content (AvgIpc) is 3.65. The first-order chi connectivity index (χ1) is 16.6. The number of likely N-dealkylation sites (tertiary alicyclic amines) is 1. The Bertz CT molecular complexity index is 1360. The number of hydrogen-bond donors (Lipinski definition) is 2. The Morgan fingerprint density at radius 3 is 2.97 bits per heavy atom. The molecule has 5 rings (SSSR count). The predicted molar refractivity (Wildman–Crippen MR) is 128 cm³/mol. The first kappa shape index (κ1) is 22.1. The van der Waals surface area contributed by atoms with E-state index in [9.17, 15) is 14.7 Å². The van der Waals surface area contributed by atoms with Crippen LogP contribution in [0.4, 0.5) is 5.95 Å². The van der Waals surface area contributed by atoms with E-state index < -0.39 is 0 Å². The number of aliphatic hydroxyl groups is 1. The number of nitrogens with one attached hydrogen (secondary N) is 1. The SMILES string of the molecule is C=CC(=O)N1CCC[C@@H]1Cn1c(NC(=O)c2ccc(-c3cnco3)s2)nc2cc(CO)ccc21. The van der Waals surface area contributed by atoms with Gasteiger partial charge in [0.1, 0.15) is 0 Å². The summed E-state index contributed by atoms with van der Waals surface area (Å²) < 4.78 is 7.25. The van der Waals surface area contributed by atoms with Gasteiger partial charge in [-0.15, -0.1) is 11.3 Å². The zero-order valence-electron chi connectivity index (χ0n) is 18.3. The van der Waals surface area contributed by atoms with Crippen molar-refractivity contribution >= 4 is 40.1 Å². The van der Waals surface area contributed by atoms with Crippen LogP contribution in [0.3, 0.4) is 0 Å². The van der Waals surface area contributed by atoms with Crippen molar-refractivity contribution in [3.8, 4) is 10.6 Å². The Balaban J connectivity index is 1.46. The van der Waals surface area contributed by atoms with Gasteiger partial charge in [0, 0.05) is 13.1 Å². The molecule has 4 heterocycles. The molecule has 34 heavy (non-hydrogen) atoms. The van der Waals surface area contributed by atoms with Crippen molar-refractivity contribution in [1.29, 1.82) is 0 Å².